The maximum atomic E-state index is 13.0. The summed E-state index contributed by atoms with van der Waals surface area (Å²) in [6.45, 7) is 3.42. The highest BCUT2D eigenvalue weighted by atomic mass is 16.2. The molecular formula is C21H29N5O3. The summed E-state index contributed by atoms with van der Waals surface area (Å²) in [4.78, 5) is 45.6. The van der Waals surface area contributed by atoms with Crippen molar-refractivity contribution in [1.82, 2.24) is 20.5 Å². The third kappa shape index (κ3) is 3.80. The fourth-order valence-corrected chi connectivity index (χ4v) is 4.85. The van der Waals surface area contributed by atoms with Crippen molar-refractivity contribution >= 4 is 23.7 Å². The highest BCUT2D eigenvalue weighted by molar-refractivity contribution is 6.09. The minimum atomic E-state index is -0.816. The Morgan fingerprint density at radius 3 is 2.72 bits per heavy atom. The lowest BCUT2D eigenvalue weighted by molar-refractivity contribution is -0.137. The van der Waals surface area contributed by atoms with Gasteiger partial charge in [0.25, 0.3) is 5.91 Å². The molecule has 0 bridgehead atoms. The van der Waals surface area contributed by atoms with Gasteiger partial charge in [-0.3, -0.25) is 14.5 Å². The van der Waals surface area contributed by atoms with Gasteiger partial charge in [-0.15, -0.1) is 0 Å². The predicted octanol–water partition coefficient (Wildman–Crippen LogP) is 1.67. The van der Waals surface area contributed by atoms with Crippen molar-refractivity contribution in [2.24, 2.45) is 5.92 Å². The van der Waals surface area contributed by atoms with Crippen molar-refractivity contribution < 1.29 is 14.4 Å². The van der Waals surface area contributed by atoms with Gasteiger partial charge in [0.05, 0.1) is 0 Å². The highest BCUT2D eigenvalue weighted by Crippen LogP contribution is 2.38. The van der Waals surface area contributed by atoms with Gasteiger partial charge in [-0.1, -0.05) is 25.8 Å². The number of aromatic nitrogens is 1. The second-order valence-electron chi connectivity index (χ2n) is 8.46. The van der Waals surface area contributed by atoms with E-state index in [0.29, 0.717) is 6.42 Å². The number of hydrogen-bond donors (Lipinski definition) is 2. The van der Waals surface area contributed by atoms with Crippen LogP contribution in [0, 0.1) is 5.92 Å². The van der Waals surface area contributed by atoms with Gasteiger partial charge in [0, 0.05) is 25.3 Å². The average molecular weight is 399 g/mol. The highest BCUT2D eigenvalue weighted by Gasteiger charge is 2.55. The Morgan fingerprint density at radius 2 is 2.03 bits per heavy atom. The molecule has 0 radical (unpaired) electrons. The molecule has 2 aliphatic heterocycles. The van der Waals surface area contributed by atoms with E-state index in [0.717, 1.165) is 55.9 Å². The van der Waals surface area contributed by atoms with Crippen molar-refractivity contribution in [2.75, 3.05) is 24.5 Å². The second-order valence-corrected chi connectivity index (χ2v) is 8.46. The maximum absolute atomic E-state index is 13.0. The molecule has 2 N–H and O–H groups in total. The summed E-state index contributed by atoms with van der Waals surface area (Å²) in [5, 5.41) is 5.90. The average Bonchev–Trinajstić information content (AvgIpc) is 2.96. The van der Waals surface area contributed by atoms with E-state index in [1.807, 2.05) is 25.1 Å². The smallest absolute Gasteiger partial charge is 0.325 e. The summed E-state index contributed by atoms with van der Waals surface area (Å²) >= 11 is 0. The topological polar surface area (TPSA) is 94.6 Å². The summed E-state index contributed by atoms with van der Waals surface area (Å²) < 4.78 is 0. The summed E-state index contributed by atoms with van der Waals surface area (Å²) in [7, 11) is 0. The number of carbonyl (C=O) groups is 3. The van der Waals surface area contributed by atoms with Gasteiger partial charge in [0.2, 0.25) is 5.91 Å². The van der Waals surface area contributed by atoms with E-state index >= 15 is 0 Å². The van der Waals surface area contributed by atoms with Crippen LogP contribution >= 0.6 is 0 Å². The first kappa shape index (κ1) is 19.7. The summed E-state index contributed by atoms with van der Waals surface area (Å²) in [5.41, 5.74) is -0.816. The Kier molecular flexibility index (Phi) is 5.43. The predicted molar refractivity (Wildman–Crippen MR) is 108 cm³/mol. The molecule has 1 aliphatic carbocycles. The Morgan fingerprint density at radius 1 is 1.24 bits per heavy atom. The van der Waals surface area contributed by atoms with Crippen LogP contribution in [0.15, 0.2) is 24.4 Å². The molecule has 1 spiro atoms. The molecule has 0 unspecified atom stereocenters. The molecule has 8 heteroatoms. The van der Waals surface area contributed by atoms with Gasteiger partial charge in [0.1, 0.15) is 17.9 Å². The van der Waals surface area contributed by atoms with Crippen molar-refractivity contribution in [1.29, 1.82) is 0 Å². The first-order valence-corrected chi connectivity index (χ1v) is 10.6. The van der Waals surface area contributed by atoms with Crippen LogP contribution in [0.3, 0.4) is 0 Å². The molecule has 1 saturated carbocycles. The molecule has 4 amide bonds. The fourth-order valence-electron chi connectivity index (χ4n) is 4.85. The van der Waals surface area contributed by atoms with Crippen molar-refractivity contribution in [2.45, 2.75) is 57.0 Å². The number of nitrogens with one attached hydrogen (secondary N) is 2. The standard InChI is InChI=1S/C21H29N5O3/c1-15-6-2-4-10-21(15)19(28)26(20(29)24-21)14-18(27)23-16-8-12-25(13-9-16)17-7-3-5-11-22-17/h3,5,7,11,15-16H,2,4,6,8-10,12-14H2,1H3,(H,23,27)(H,24,29)/t15-,21+/m1/s1. The molecule has 156 valence electrons. The normalized spacial score (nSPS) is 28.0. The molecule has 8 nitrogen and oxygen atoms in total. The van der Waals surface area contributed by atoms with E-state index in [1.165, 1.54) is 0 Å². The Bertz CT molecular complexity index is 778. The van der Waals surface area contributed by atoms with E-state index in [-0.39, 0.29) is 30.3 Å². The lowest BCUT2D eigenvalue weighted by Gasteiger charge is -2.36. The second kappa shape index (κ2) is 8.00. The van der Waals surface area contributed by atoms with E-state index in [1.54, 1.807) is 6.20 Å². The van der Waals surface area contributed by atoms with Crippen molar-refractivity contribution in [3.8, 4) is 0 Å². The van der Waals surface area contributed by atoms with Gasteiger partial charge >= 0.3 is 6.03 Å². The third-order valence-corrected chi connectivity index (χ3v) is 6.64. The number of amides is 4. The molecule has 29 heavy (non-hydrogen) atoms. The molecule has 4 rings (SSSR count). The molecule has 3 fully saturated rings. The van der Waals surface area contributed by atoms with Gasteiger partial charge in [-0.2, -0.15) is 0 Å². The largest absolute Gasteiger partial charge is 0.356 e. The number of piperidine rings is 1. The number of rotatable bonds is 4. The first-order valence-electron chi connectivity index (χ1n) is 10.6. The Balaban J connectivity index is 1.30. The number of urea groups is 1. The van der Waals surface area contributed by atoms with Crippen LogP contribution in [0.2, 0.25) is 0 Å². The molecule has 0 aromatic carbocycles. The molecule has 2 atom stereocenters. The minimum absolute atomic E-state index is 0.0470. The quantitative estimate of drug-likeness (QED) is 0.751. The van der Waals surface area contributed by atoms with Gasteiger partial charge in [0.15, 0.2) is 0 Å². The van der Waals surface area contributed by atoms with Gasteiger partial charge in [-0.25, -0.2) is 9.78 Å². The van der Waals surface area contributed by atoms with Crippen LogP contribution in [-0.4, -0.2) is 58.9 Å². The number of carbonyl (C=O) groups excluding carboxylic acids is 3. The van der Waals surface area contributed by atoms with Crippen LogP contribution in [0.25, 0.3) is 0 Å². The van der Waals surface area contributed by atoms with Crippen molar-refractivity contribution in [3.05, 3.63) is 24.4 Å². The van der Waals surface area contributed by atoms with Crippen LogP contribution < -0.4 is 15.5 Å². The number of anilines is 1. The molecule has 1 aromatic heterocycles. The number of pyridine rings is 1. The van der Waals surface area contributed by atoms with E-state index < -0.39 is 11.6 Å². The molecule has 3 heterocycles. The molecule has 3 aliphatic rings. The fraction of sp³-hybridized carbons (Fsp3) is 0.619. The van der Waals surface area contributed by atoms with Gasteiger partial charge in [-0.05, 0) is 43.7 Å². The molecule has 2 saturated heterocycles. The zero-order chi connectivity index (χ0) is 20.4. The number of hydrogen-bond acceptors (Lipinski definition) is 5. The minimum Gasteiger partial charge on any atom is -0.356 e. The number of nitrogens with zero attached hydrogens (tertiary/aromatic N) is 3. The Labute approximate surface area is 171 Å². The van der Waals surface area contributed by atoms with E-state index in [2.05, 4.69) is 20.5 Å². The third-order valence-electron chi connectivity index (χ3n) is 6.64. The SMILES string of the molecule is C[C@@H]1CCCC[C@]12NC(=O)N(CC(=O)NC1CCN(c3ccccn3)CC1)C2=O. The molecule has 1 aromatic rings. The first-order chi connectivity index (χ1) is 14.0. The van der Waals surface area contributed by atoms with E-state index in [9.17, 15) is 14.4 Å². The summed E-state index contributed by atoms with van der Waals surface area (Å²) in [5.74, 6) is 0.528. The summed E-state index contributed by atoms with van der Waals surface area (Å²) in [6.07, 6.45) is 6.97. The number of imide groups is 1. The van der Waals surface area contributed by atoms with Gasteiger partial charge < -0.3 is 15.5 Å². The molecular weight excluding hydrogens is 370 g/mol. The van der Waals surface area contributed by atoms with Crippen LogP contribution in [0.5, 0.6) is 0 Å². The zero-order valence-electron chi connectivity index (χ0n) is 16.9. The monoisotopic (exact) mass is 399 g/mol. The van der Waals surface area contributed by atoms with Crippen LogP contribution in [0.1, 0.15) is 45.4 Å². The van der Waals surface area contributed by atoms with E-state index in [4.69, 9.17) is 0 Å². The van der Waals surface area contributed by atoms with Crippen molar-refractivity contribution in [3.63, 3.8) is 0 Å². The van der Waals surface area contributed by atoms with Crippen LogP contribution in [-0.2, 0) is 9.59 Å². The Hall–Kier alpha value is -2.64. The summed E-state index contributed by atoms with van der Waals surface area (Å²) in [6, 6.07) is 5.45. The zero-order valence-corrected chi connectivity index (χ0v) is 16.9. The van der Waals surface area contributed by atoms with Crippen LogP contribution in [0.4, 0.5) is 10.6 Å². The lowest BCUT2D eigenvalue weighted by atomic mass is 9.73. The lowest BCUT2D eigenvalue weighted by Crippen LogP contribution is -2.54. The maximum Gasteiger partial charge on any atom is 0.325 e.